The van der Waals surface area contributed by atoms with Crippen molar-refractivity contribution in [3.05, 3.63) is 97.3 Å². The number of oxazole rings is 2. The second-order valence-electron chi connectivity index (χ2n) is 8.82. The molecule has 0 saturated heterocycles. The summed E-state index contributed by atoms with van der Waals surface area (Å²) >= 11 is 3.13. The summed E-state index contributed by atoms with van der Waals surface area (Å²) < 4.78 is 12.3. The third-order valence-corrected chi connectivity index (χ3v) is 8.40. The van der Waals surface area contributed by atoms with E-state index in [2.05, 4.69) is 9.97 Å². The van der Waals surface area contributed by atoms with E-state index in [1.54, 1.807) is 22.7 Å². The molecule has 6 nitrogen and oxygen atoms in total. The second-order valence-corrected chi connectivity index (χ2v) is 10.9. The van der Waals surface area contributed by atoms with E-state index in [1.807, 2.05) is 97.3 Å². The molecule has 0 aliphatic rings. The van der Waals surface area contributed by atoms with Gasteiger partial charge in [0.1, 0.15) is 30.8 Å². The molecule has 8 aromatic rings. The Morgan fingerprint density at radius 2 is 0.974 bits per heavy atom. The van der Waals surface area contributed by atoms with E-state index in [-0.39, 0.29) is 0 Å². The van der Waals surface area contributed by atoms with Gasteiger partial charge < -0.3 is 8.83 Å². The predicted molar refractivity (Wildman–Crippen MR) is 152 cm³/mol. The van der Waals surface area contributed by atoms with Crippen LogP contribution in [0.5, 0.6) is 0 Å². The minimum atomic E-state index is 0.568. The SMILES string of the molecule is c1ccc(-c2ncc(-c3nc4cc5cc6oc(-c7cnc(-c8ccccc8)s7)nc6cc5cc4o3)s2)cc1. The van der Waals surface area contributed by atoms with Crippen molar-refractivity contribution in [1.82, 2.24) is 19.9 Å². The number of rotatable bonds is 4. The molecule has 4 heterocycles. The molecular formula is C30H16N4O2S2. The summed E-state index contributed by atoms with van der Waals surface area (Å²) in [4.78, 5) is 20.4. The lowest BCUT2D eigenvalue weighted by Gasteiger charge is -1.96. The van der Waals surface area contributed by atoms with Crippen molar-refractivity contribution in [1.29, 1.82) is 0 Å². The zero-order valence-corrected chi connectivity index (χ0v) is 21.3. The summed E-state index contributed by atoms with van der Waals surface area (Å²) in [5.74, 6) is 1.14. The van der Waals surface area contributed by atoms with Crippen LogP contribution in [0.2, 0.25) is 0 Å². The van der Waals surface area contributed by atoms with Crippen LogP contribution in [0.4, 0.5) is 0 Å². The fourth-order valence-corrected chi connectivity index (χ4v) is 6.18. The van der Waals surface area contributed by atoms with Crippen molar-refractivity contribution in [2.75, 3.05) is 0 Å². The lowest BCUT2D eigenvalue weighted by atomic mass is 10.1. The summed E-state index contributed by atoms with van der Waals surface area (Å²) in [5.41, 5.74) is 5.18. The van der Waals surface area contributed by atoms with Gasteiger partial charge in [0.05, 0.1) is 12.4 Å². The Morgan fingerprint density at radius 1 is 0.526 bits per heavy atom. The first kappa shape index (κ1) is 21.4. The molecule has 0 unspecified atom stereocenters. The van der Waals surface area contributed by atoms with Crippen LogP contribution in [-0.2, 0) is 0 Å². The molecule has 0 spiro atoms. The number of nitrogens with zero attached hydrogens (tertiary/aromatic N) is 4. The van der Waals surface area contributed by atoms with Gasteiger partial charge in [-0.3, -0.25) is 0 Å². The van der Waals surface area contributed by atoms with Gasteiger partial charge in [-0.25, -0.2) is 19.9 Å². The van der Waals surface area contributed by atoms with Gasteiger partial charge in [-0.2, -0.15) is 0 Å². The van der Waals surface area contributed by atoms with E-state index < -0.39 is 0 Å². The van der Waals surface area contributed by atoms with Crippen LogP contribution in [0, 0.1) is 0 Å². The fourth-order valence-electron chi connectivity index (χ4n) is 4.48. The van der Waals surface area contributed by atoms with E-state index in [1.165, 1.54) is 0 Å². The van der Waals surface area contributed by atoms with Crippen molar-refractivity contribution < 1.29 is 8.83 Å². The monoisotopic (exact) mass is 528 g/mol. The van der Waals surface area contributed by atoms with Crippen molar-refractivity contribution >= 4 is 55.6 Å². The number of hydrogen-bond donors (Lipinski definition) is 0. The molecular weight excluding hydrogens is 512 g/mol. The van der Waals surface area contributed by atoms with E-state index in [0.717, 1.165) is 63.9 Å². The van der Waals surface area contributed by atoms with Gasteiger partial charge in [-0.1, -0.05) is 60.7 Å². The number of fused-ring (bicyclic) bond motifs is 3. The zero-order chi connectivity index (χ0) is 25.1. The normalized spacial score (nSPS) is 11.7. The van der Waals surface area contributed by atoms with E-state index >= 15 is 0 Å². The molecule has 0 atom stereocenters. The van der Waals surface area contributed by atoms with Gasteiger partial charge in [0.15, 0.2) is 11.2 Å². The standard InChI is InChI=1S/C30H16N4O2S2/c1-3-7-17(8-4-1)29-31-15-25(37-29)27-33-21-11-19-14-24-22(12-20(19)13-23(21)35-27)34-28(36-24)26-16-32-30(38-26)18-9-5-2-6-10-18/h1-16H. The third kappa shape index (κ3) is 3.61. The molecule has 4 aromatic heterocycles. The second kappa shape index (κ2) is 8.44. The Labute approximate surface area is 223 Å². The number of thiazole rings is 2. The lowest BCUT2D eigenvalue weighted by Crippen LogP contribution is -1.76. The Hall–Kier alpha value is -4.66. The molecule has 0 aliphatic heterocycles. The third-order valence-electron chi connectivity index (χ3n) is 6.33. The molecule has 38 heavy (non-hydrogen) atoms. The number of hydrogen-bond acceptors (Lipinski definition) is 8. The molecule has 0 aliphatic carbocycles. The van der Waals surface area contributed by atoms with Crippen LogP contribution in [0.15, 0.2) is 106 Å². The number of aromatic nitrogens is 4. The molecule has 8 rings (SSSR count). The molecule has 0 saturated carbocycles. The highest BCUT2D eigenvalue weighted by Gasteiger charge is 2.16. The average Bonchev–Trinajstić information content (AvgIpc) is 3.76. The zero-order valence-electron chi connectivity index (χ0n) is 19.7. The van der Waals surface area contributed by atoms with Crippen LogP contribution in [-0.4, -0.2) is 19.9 Å². The van der Waals surface area contributed by atoms with Crippen LogP contribution in [0.3, 0.4) is 0 Å². The van der Waals surface area contributed by atoms with Crippen LogP contribution in [0.25, 0.3) is 75.6 Å². The fraction of sp³-hybridized carbons (Fsp3) is 0. The minimum absolute atomic E-state index is 0.568. The maximum Gasteiger partial charge on any atom is 0.239 e. The van der Waals surface area contributed by atoms with Crippen molar-refractivity contribution in [3.8, 4) is 42.7 Å². The maximum absolute atomic E-state index is 6.15. The summed E-state index contributed by atoms with van der Waals surface area (Å²) in [7, 11) is 0. The topological polar surface area (TPSA) is 77.8 Å². The molecule has 0 N–H and O–H groups in total. The van der Waals surface area contributed by atoms with Crippen molar-refractivity contribution in [2.24, 2.45) is 0 Å². The first-order chi connectivity index (χ1) is 18.8. The first-order valence-corrected chi connectivity index (χ1v) is 13.6. The molecule has 0 radical (unpaired) electrons. The highest BCUT2D eigenvalue weighted by atomic mass is 32.1. The van der Waals surface area contributed by atoms with E-state index in [4.69, 9.17) is 18.8 Å². The van der Waals surface area contributed by atoms with Gasteiger partial charge in [-0.15, -0.1) is 22.7 Å². The highest BCUT2D eigenvalue weighted by Crippen LogP contribution is 2.37. The Morgan fingerprint density at radius 3 is 1.42 bits per heavy atom. The smallest absolute Gasteiger partial charge is 0.239 e. The quantitative estimate of drug-likeness (QED) is 0.227. The van der Waals surface area contributed by atoms with E-state index in [9.17, 15) is 0 Å². The maximum atomic E-state index is 6.15. The van der Waals surface area contributed by atoms with E-state index in [0.29, 0.717) is 11.8 Å². The molecule has 8 heteroatoms. The minimum Gasteiger partial charge on any atom is -0.435 e. The van der Waals surface area contributed by atoms with Gasteiger partial charge in [0, 0.05) is 11.1 Å². The Kier molecular flexibility index (Phi) is 4.76. The largest absolute Gasteiger partial charge is 0.435 e. The average molecular weight is 529 g/mol. The lowest BCUT2D eigenvalue weighted by molar-refractivity contribution is 0.621. The molecule has 4 aromatic carbocycles. The molecule has 180 valence electrons. The Balaban J connectivity index is 1.15. The Bertz CT molecular complexity index is 1870. The van der Waals surface area contributed by atoms with Crippen molar-refractivity contribution in [3.63, 3.8) is 0 Å². The summed E-state index contributed by atoms with van der Waals surface area (Å²) in [5, 5.41) is 3.89. The highest BCUT2D eigenvalue weighted by molar-refractivity contribution is 7.18. The van der Waals surface area contributed by atoms with Crippen molar-refractivity contribution in [2.45, 2.75) is 0 Å². The molecule has 0 fully saturated rings. The summed E-state index contributed by atoms with van der Waals surface area (Å²) in [6.07, 6.45) is 3.64. The predicted octanol–water partition coefficient (Wildman–Crippen LogP) is 8.70. The first-order valence-electron chi connectivity index (χ1n) is 11.9. The van der Waals surface area contributed by atoms with Gasteiger partial charge in [0.2, 0.25) is 11.8 Å². The van der Waals surface area contributed by atoms with Crippen LogP contribution >= 0.6 is 22.7 Å². The van der Waals surface area contributed by atoms with Gasteiger partial charge in [0.25, 0.3) is 0 Å². The number of benzene rings is 4. The summed E-state index contributed by atoms with van der Waals surface area (Å²) in [6, 6.07) is 28.3. The molecule has 0 amide bonds. The van der Waals surface area contributed by atoms with Crippen LogP contribution in [0.1, 0.15) is 0 Å². The van der Waals surface area contributed by atoms with Gasteiger partial charge >= 0.3 is 0 Å². The van der Waals surface area contributed by atoms with Crippen LogP contribution < -0.4 is 0 Å². The van der Waals surface area contributed by atoms with Gasteiger partial charge in [-0.05, 0) is 35.0 Å². The molecule has 0 bridgehead atoms. The summed E-state index contributed by atoms with van der Waals surface area (Å²) in [6.45, 7) is 0.